The van der Waals surface area contributed by atoms with Gasteiger partial charge in [-0.1, -0.05) is 121 Å². The van der Waals surface area contributed by atoms with Crippen LogP contribution in [0.3, 0.4) is 0 Å². The number of rotatable bonds is 0. The maximum absolute atomic E-state index is 6.23. The van der Waals surface area contributed by atoms with Crippen molar-refractivity contribution >= 4 is 119 Å². The van der Waals surface area contributed by atoms with Gasteiger partial charge in [0.15, 0.2) is 11.5 Å². The van der Waals surface area contributed by atoms with Crippen LogP contribution < -0.4 is 18.1 Å². The van der Waals surface area contributed by atoms with Crippen molar-refractivity contribution in [1.82, 2.24) is 0 Å². The molecule has 0 saturated heterocycles. The molecule has 6 fully saturated rings. The third-order valence-electron chi connectivity index (χ3n) is 26.7. The zero-order chi connectivity index (χ0) is 63.2. The second kappa shape index (κ2) is 42.1. The number of ether oxygens (including phenoxy) is 1. The first-order chi connectivity index (χ1) is 47.6. The van der Waals surface area contributed by atoms with Crippen LogP contribution in [-0.2, 0) is 77.0 Å². The summed E-state index contributed by atoms with van der Waals surface area (Å²) >= 11 is 12.1. The van der Waals surface area contributed by atoms with Gasteiger partial charge in [-0.3, -0.25) is 0 Å². The van der Waals surface area contributed by atoms with E-state index in [2.05, 4.69) is 46.2 Å². The van der Waals surface area contributed by atoms with Crippen molar-refractivity contribution in [1.29, 1.82) is 0 Å². The number of hydrogen-bond donors (Lipinski definition) is 0. The van der Waals surface area contributed by atoms with Gasteiger partial charge in [0.05, 0.1) is 10.8 Å². The molecule has 0 spiro atoms. The Bertz CT molecular complexity index is 3160. The summed E-state index contributed by atoms with van der Waals surface area (Å²) in [6, 6.07) is 0. The van der Waals surface area contributed by atoms with Gasteiger partial charge in [0.1, 0.15) is 23.4 Å². The minimum absolute atomic E-state index is 0. The summed E-state index contributed by atoms with van der Waals surface area (Å²) in [5, 5.41) is 1.82. The minimum atomic E-state index is 0. The second-order valence-corrected chi connectivity index (χ2v) is 47.7. The summed E-state index contributed by atoms with van der Waals surface area (Å²) in [5.41, 5.74) is 10.2. The molecule has 0 amide bonds. The first-order valence-electron chi connectivity index (χ1n) is 40.5. The summed E-state index contributed by atoms with van der Waals surface area (Å²) in [6.45, 7) is 0. The first kappa shape index (κ1) is 94.4. The van der Waals surface area contributed by atoms with Crippen LogP contribution in [0.2, 0.25) is 14.4 Å². The van der Waals surface area contributed by atoms with Crippen molar-refractivity contribution < 1.29 is 18.0 Å². The molecule has 24 rings (SSSR count). The molecular formula is C96H156O4S4Se4. The molecule has 12 heteroatoms. The zero-order valence-electron chi connectivity index (χ0n) is 57.8. The van der Waals surface area contributed by atoms with E-state index < -0.39 is 0 Å². The van der Waals surface area contributed by atoms with Crippen LogP contribution in [0.15, 0.2) is 23.0 Å². The van der Waals surface area contributed by atoms with Crippen molar-refractivity contribution in [2.45, 2.75) is 474 Å². The van der Waals surface area contributed by atoms with Crippen LogP contribution in [0.5, 0.6) is 5.75 Å². The standard InChI is InChI=1S/C14H18O2.C14H18OS.C14H18OSe.C14H18S2.C14H18SSe.C14H18Se2.12CH4/c1-3-7-11-9(5-1)13-14(15-11)10-6-2-4-8-12(10)16-13;2*1-3-7-11-9(5-1)14-13(15-11)10-6-2-4-8-12(10)16-14;1-3-7-11-9(5-1)13-14(15-11)10-6-2-4-8-12(10)16-13;1-3-7-11-9(5-1)14-13(15-11)10-6-2-4-8-12(10)16-14;1-3-7-11-9(5-1)13-14(15-11)10-6-2-4-8-12(10)16-13;;;;;;;;;;;;/h9,11H,1-8H2;2*10,12H,1-8H2;9,11H,1-8H2;10,12H,1-8H2;9,11H,1-8H2;12*1H4. The number of furan rings is 3. The van der Waals surface area contributed by atoms with Crippen LogP contribution in [0.1, 0.15) is 452 Å². The van der Waals surface area contributed by atoms with Gasteiger partial charge < -0.3 is 13.6 Å². The molecule has 12 atom stereocenters. The summed E-state index contributed by atoms with van der Waals surface area (Å²) in [4.78, 5) is 13.8. The van der Waals surface area contributed by atoms with Crippen LogP contribution in [0, 0.1) is 0 Å². The molecule has 0 N–H and O–H groups in total. The van der Waals surface area contributed by atoms with E-state index in [1.807, 2.05) is 38.7 Å². The molecule has 4 nitrogen and oxygen atoms in total. The van der Waals surface area contributed by atoms with Crippen molar-refractivity contribution in [2.24, 2.45) is 0 Å². The molecule has 12 heterocycles. The van der Waals surface area contributed by atoms with E-state index in [0.29, 0.717) is 12.0 Å². The number of hydrogen-bond acceptors (Lipinski definition) is 8. The van der Waals surface area contributed by atoms with Gasteiger partial charge in [0.25, 0.3) is 0 Å². The summed E-state index contributed by atoms with van der Waals surface area (Å²) in [7, 11) is 0. The molecule has 6 aromatic rings. The van der Waals surface area contributed by atoms with E-state index in [1.54, 1.807) is 60.0 Å². The van der Waals surface area contributed by atoms with Crippen molar-refractivity contribution in [3.63, 3.8) is 0 Å². The Kier molecular flexibility index (Phi) is 36.8. The number of aryl methyl sites for hydroxylation is 6. The van der Waals surface area contributed by atoms with Gasteiger partial charge in [-0.05, 0) is 115 Å². The molecular weight excluding hydrogens is 1660 g/mol. The molecule has 6 saturated carbocycles. The number of thioether (sulfide) groups is 2. The first-order valence-corrected chi connectivity index (χ1v) is 51.1. The second-order valence-electron chi connectivity index (χ2n) is 32.7. The van der Waals surface area contributed by atoms with E-state index in [1.165, 1.54) is 323 Å². The van der Waals surface area contributed by atoms with E-state index in [4.69, 9.17) is 18.0 Å². The molecule has 0 radical (unpaired) electrons. The quantitative estimate of drug-likeness (QED) is 0.141. The van der Waals surface area contributed by atoms with Gasteiger partial charge >= 0.3 is 322 Å². The Balaban J connectivity index is 0.000000177. The molecule has 6 aromatic heterocycles. The molecule has 12 unspecified atom stereocenters. The average molecular weight is 1820 g/mol. The maximum atomic E-state index is 6.23. The predicted molar refractivity (Wildman–Crippen MR) is 487 cm³/mol. The summed E-state index contributed by atoms with van der Waals surface area (Å²) in [6.07, 6.45) is 67.8. The fraction of sp³-hybridized carbons (Fsp3) is 0.750. The third-order valence-corrected chi connectivity index (χ3v) is 46.6. The Hall–Kier alpha value is -0.702. The Labute approximate surface area is 706 Å². The monoisotopic (exact) mass is 1820 g/mol. The van der Waals surface area contributed by atoms with E-state index in [9.17, 15) is 0 Å². The summed E-state index contributed by atoms with van der Waals surface area (Å²) in [5.74, 6) is 14.4. The van der Waals surface area contributed by atoms with Crippen LogP contribution in [-0.4, -0.2) is 76.0 Å². The van der Waals surface area contributed by atoms with Gasteiger partial charge in [-0.2, -0.15) is 0 Å². The van der Waals surface area contributed by atoms with Gasteiger partial charge in [0, 0.05) is 61.0 Å². The fourth-order valence-corrected chi connectivity index (χ4v) is 44.7. The van der Waals surface area contributed by atoms with Crippen molar-refractivity contribution in [3.8, 4) is 5.75 Å². The third kappa shape index (κ3) is 18.1. The number of fused-ring (bicyclic) bond motifs is 30. The van der Waals surface area contributed by atoms with E-state index in [-0.39, 0.29) is 89.1 Å². The predicted octanol–water partition coefficient (Wildman–Crippen LogP) is 29.0. The van der Waals surface area contributed by atoms with Crippen LogP contribution in [0.25, 0.3) is 0 Å². The topological polar surface area (TPSA) is 48.7 Å². The van der Waals surface area contributed by atoms with E-state index >= 15 is 0 Å². The molecule has 108 heavy (non-hydrogen) atoms. The molecule has 18 aliphatic rings. The Morgan fingerprint density at radius 1 is 0.278 bits per heavy atom. The van der Waals surface area contributed by atoms with Crippen LogP contribution >= 0.6 is 46.2 Å². The number of thiophene rings is 2. The molecule has 0 aromatic carbocycles. The average Bonchev–Trinajstić information content (AvgIpc) is 1.65. The van der Waals surface area contributed by atoms with Crippen LogP contribution in [0.4, 0.5) is 0 Å². The van der Waals surface area contributed by atoms with Crippen molar-refractivity contribution in [2.75, 3.05) is 0 Å². The van der Waals surface area contributed by atoms with Gasteiger partial charge in [0.2, 0.25) is 0 Å². The van der Waals surface area contributed by atoms with Gasteiger partial charge in [-0.15, -0.1) is 34.9 Å². The zero-order valence-corrected chi connectivity index (χ0v) is 67.9. The Morgan fingerprint density at radius 3 is 1.39 bits per heavy atom. The molecule has 0 bridgehead atoms. The Morgan fingerprint density at radius 2 is 0.704 bits per heavy atom. The molecule has 612 valence electrons. The summed E-state index contributed by atoms with van der Waals surface area (Å²) < 4.78 is 34.2. The van der Waals surface area contributed by atoms with E-state index in [0.717, 1.165) is 126 Å². The SMILES string of the molecule is C.C.C.C.C.C.C.C.C.C.C.C.C1CCc2c([se]c3c2[Se]C2CCCCC32)C1.C1CCc2c(oc3c2OC2CCCCC32)C1.C1CCc2c(oc3c2SC2CCCCC32)C1.C1CCc2c(oc3c2[Se]C2CCCCC32)C1.C1CCc2c(sc3c2SC2CCCCC32)C1.C1CCc2c(sc3c2[Se]C2CCCCC32)C1. The molecule has 12 aliphatic carbocycles. The van der Waals surface area contributed by atoms with Gasteiger partial charge in [-0.25, -0.2) is 0 Å². The molecule has 6 aliphatic heterocycles. The van der Waals surface area contributed by atoms with Crippen molar-refractivity contribution in [3.05, 3.63) is 96.3 Å². The fourth-order valence-electron chi connectivity index (χ4n) is 21.7. The normalized spacial score (nSPS) is 28.4.